The molecule has 2 fully saturated rings. The van der Waals surface area contributed by atoms with Crippen LogP contribution in [0.3, 0.4) is 0 Å². The van der Waals surface area contributed by atoms with Gasteiger partial charge in [0, 0.05) is 25.7 Å². The van der Waals surface area contributed by atoms with Crippen molar-refractivity contribution in [2.45, 2.75) is 39.2 Å². The number of amides is 1. The molecule has 19 heavy (non-hydrogen) atoms. The molecule has 1 spiro atoms. The number of hydrogen-bond acceptors (Lipinski definition) is 5. The van der Waals surface area contributed by atoms with Gasteiger partial charge < -0.3 is 9.80 Å². The summed E-state index contributed by atoms with van der Waals surface area (Å²) in [4.78, 5) is 17.0. The Morgan fingerprint density at radius 2 is 2.21 bits per heavy atom. The second kappa shape index (κ2) is 4.74. The normalized spacial score (nSPS) is 27.8. The molecule has 0 saturated carbocycles. The van der Waals surface area contributed by atoms with Crippen LogP contribution in [0, 0.1) is 5.41 Å². The third-order valence-electron chi connectivity index (χ3n) is 4.37. The van der Waals surface area contributed by atoms with Crippen LogP contribution in [0.4, 0.5) is 5.13 Å². The molecule has 3 rings (SSSR count). The predicted octanol–water partition coefficient (Wildman–Crippen LogP) is 1.77. The number of carbonyl (C=O) groups is 1. The van der Waals surface area contributed by atoms with Crippen molar-refractivity contribution >= 4 is 22.4 Å². The molecule has 104 valence electrons. The minimum atomic E-state index is -0.172. The Hall–Kier alpha value is -1.17. The fourth-order valence-corrected chi connectivity index (χ4v) is 3.90. The summed E-state index contributed by atoms with van der Waals surface area (Å²) < 4.78 is 0. The highest BCUT2D eigenvalue weighted by Crippen LogP contribution is 2.42. The van der Waals surface area contributed by atoms with Crippen molar-refractivity contribution in [1.82, 2.24) is 15.1 Å². The topological polar surface area (TPSA) is 49.3 Å². The molecular weight excluding hydrogens is 260 g/mol. The van der Waals surface area contributed by atoms with Gasteiger partial charge in [0.05, 0.1) is 5.41 Å². The van der Waals surface area contributed by atoms with Crippen molar-refractivity contribution in [3.05, 3.63) is 5.51 Å². The van der Waals surface area contributed by atoms with Gasteiger partial charge >= 0.3 is 0 Å². The van der Waals surface area contributed by atoms with Crippen molar-refractivity contribution in [1.29, 1.82) is 0 Å². The van der Waals surface area contributed by atoms with Gasteiger partial charge in [0.2, 0.25) is 11.0 Å². The fraction of sp³-hybridized carbons (Fsp3) is 0.769. The number of anilines is 1. The van der Waals surface area contributed by atoms with Crippen LogP contribution in [-0.4, -0.2) is 46.7 Å². The number of nitrogens with zero attached hydrogens (tertiary/aromatic N) is 4. The van der Waals surface area contributed by atoms with E-state index in [0.717, 1.165) is 44.0 Å². The third kappa shape index (κ3) is 2.12. The molecule has 0 aromatic carbocycles. The summed E-state index contributed by atoms with van der Waals surface area (Å²) in [6.45, 7) is 6.86. The van der Waals surface area contributed by atoms with Crippen molar-refractivity contribution in [3.63, 3.8) is 0 Å². The smallest absolute Gasteiger partial charge is 0.230 e. The van der Waals surface area contributed by atoms with Crippen LogP contribution in [0.1, 0.15) is 33.1 Å². The van der Waals surface area contributed by atoms with E-state index in [2.05, 4.69) is 28.9 Å². The average Bonchev–Trinajstić information content (AvgIpc) is 3.02. The maximum absolute atomic E-state index is 12.8. The lowest BCUT2D eigenvalue weighted by molar-refractivity contribution is -0.147. The van der Waals surface area contributed by atoms with Gasteiger partial charge in [0.1, 0.15) is 5.51 Å². The quantitative estimate of drug-likeness (QED) is 0.828. The molecule has 0 aliphatic carbocycles. The van der Waals surface area contributed by atoms with E-state index < -0.39 is 0 Å². The largest absolute Gasteiger partial charge is 0.346 e. The van der Waals surface area contributed by atoms with Gasteiger partial charge in [-0.25, -0.2) is 0 Å². The predicted molar refractivity (Wildman–Crippen MR) is 75.3 cm³/mol. The number of hydrogen-bond donors (Lipinski definition) is 0. The summed E-state index contributed by atoms with van der Waals surface area (Å²) in [5.41, 5.74) is 1.58. The molecule has 0 radical (unpaired) electrons. The van der Waals surface area contributed by atoms with Gasteiger partial charge in [0.15, 0.2) is 0 Å². The van der Waals surface area contributed by atoms with Crippen LogP contribution in [0.5, 0.6) is 0 Å². The zero-order valence-corrected chi connectivity index (χ0v) is 12.3. The molecular formula is C13H20N4OS. The molecule has 2 aliphatic rings. The Balaban J connectivity index is 1.79. The summed E-state index contributed by atoms with van der Waals surface area (Å²) in [7, 11) is 0. The molecule has 1 aromatic rings. The van der Waals surface area contributed by atoms with Gasteiger partial charge in [-0.05, 0) is 33.1 Å². The van der Waals surface area contributed by atoms with E-state index in [1.165, 1.54) is 0 Å². The summed E-state index contributed by atoms with van der Waals surface area (Å²) in [5.74, 6) is 0.348. The molecule has 3 heterocycles. The first-order chi connectivity index (χ1) is 9.12. The highest BCUT2D eigenvalue weighted by atomic mass is 32.1. The lowest BCUT2D eigenvalue weighted by atomic mass is 9.78. The highest BCUT2D eigenvalue weighted by molar-refractivity contribution is 7.13. The number of rotatable bonds is 2. The van der Waals surface area contributed by atoms with Gasteiger partial charge in [-0.15, -0.1) is 10.2 Å². The van der Waals surface area contributed by atoms with Crippen LogP contribution < -0.4 is 4.90 Å². The average molecular weight is 280 g/mol. The second-order valence-corrected chi connectivity index (χ2v) is 6.68. The summed E-state index contributed by atoms with van der Waals surface area (Å²) in [6, 6.07) is 0.306. The van der Waals surface area contributed by atoms with E-state index in [1.807, 2.05) is 4.90 Å². The zero-order chi connectivity index (χ0) is 13.5. The van der Waals surface area contributed by atoms with Crippen molar-refractivity contribution in [2.24, 2.45) is 5.41 Å². The standard InChI is InChI=1S/C13H20N4OS/c1-10(2)17-6-3-4-13(11(17)18)5-7-16(8-13)12-15-14-9-19-12/h9-10H,3-8H2,1-2H3/t13-/m1/s1. The Morgan fingerprint density at radius 1 is 1.37 bits per heavy atom. The van der Waals surface area contributed by atoms with Gasteiger partial charge in [-0.2, -0.15) is 0 Å². The minimum Gasteiger partial charge on any atom is -0.346 e. The summed E-state index contributed by atoms with van der Waals surface area (Å²) >= 11 is 1.55. The summed E-state index contributed by atoms with van der Waals surface area (Å²) in [6.07, 6.45) is 3.09. The molecule has 2 aliphatic heterocycles. The Kier molecular flexibility index (Phi) is 3.20. The molecule has 1 atom stereocenters. The SMILES string of the molecule is CC(C)N1CCC[C@]2(CCN(c3nncs3)C2)C1=O. The van der Waals surface area contributed by atoms with Crippen LogP contribution in [-0.2, 0) is 4.79 Å². The number of aromatic nitrogens is 2. The molecule has 6 heteroatoms. The molecule has 0 N–H and O–H groups in total. The number of piperidine rings is 1. The van der Waals surface area contributed by atoms with E-state index in [0.29, 0.717) is 11.9 Å². The van der Waals surface area contributed by atoms with Crippen molar-refractivity contribution < 1.29 is 4.79 Å². The van der Waals surface area contributed by atoms with Crippen LogP contribution >= 0.6 is 11.3 Å². The monoisotopic (exact) mass is 280 g/mol. The Labute approximate surface area is 117 Å². The fourth-order valence-electron chi connectivity index (χ4n) is 3.31. The second-order valence-electron chi connectivity index (χ2n) is 5.87. The van der Waals surface area contributed by atoms with E-state index in [4.69, 9.17) is 0 Å². The molecule has 0 bridgehead atoms. The molecule has 0 unspecified atom stereocenters. The third-order valence-corrected chi connectivity index (χ3v) is 5.12. The molecule has 1 amide bonds. The highest BCUT2D eigenvalue weighted by Gasteiger charge is 2.49. The van der Waals surface area contributed by atoms with E-state index in [9.17, 15) is 4.79 Å². The minimum absolute atomic E-state index is 0.172. The van der Waals surface area contributed by atoms with Crippen LogP contribution in [0.2, 0.25) is 0 Å². The van der Waals surface area contributed by atoms with Crippen molar-refractivity contribution in [2.75, 3.05) is 24.5 Å². The van der Waals surface area contributed by atoms with Crippen LogP contribution in [0.15, 0.2) is 5.51 Å². The lowest BCUT2D eigenvalue weighted by Gasteiger charge is -2.41. The molecule has 2 saturated heterocycles. The zero-order valence-electron chi connectivity index (χ0n) is 11.5. The van der Waals surface area contributed by atoms with Crippen molar-refractivity contribution in [3.8, 4) is 0 Å². The van der Waals surface area contributed by atoms with Gasteiger partial charge in [0.25, 0.3) is 0 Å². The first kappa shape index (κ1) is 12.8. The number of likely N-dealkylation sites (tertiary alicyclic amines) is 1. The van der Waals surface area contributed by atoms with E-state index in [1.54, 1.807) is 16.8 Å². The lowest BCUT2D eigenvalue weighted by Crippen LogP contribution is -2.52. The van der Waals surface area contributed by atoms with E-state index >= 15 is 0 Å². The van der Waals surface area contributed by atoms with E-state index in [-0.39, 0.29) is 5.41 Å². The molecule has 5 nitrogen and oxygen atoms in total. The van der Waals surface area contributed by atoms with Crippen LogP contribution in [0.25, 0.3) is 0 Å². The Morgan fingerprint density at radius 3 is 2.89 bits per heavy atom. The maximum Gasteiger partial charge on any atom is 0.230 e. The van der Waals surface area contributed by atoms with Gasteiger partial charge in [-0.1, -0.05) is 11.3 Å². The Bertz CT molecular complexity index is 461. The first-order valence-electron chi connectivity index (χ1n) is 6.95. The maximum atomic E-state index is 12.8. The number of carbonyl (C=O) groups excluding carboxylic acids is 1. The van der Waals surface area contributed by atoms with Gasteiger partial charge in [-0.3, -0.25) is 4.79 Å². The summed E-state index contributed by atoms with van der Waals surface area (Å²) in [5, 5.41) is 8.97. The molecule has 1 aromatic heterocycles. The first-order valence-corrected chi connectivity index (χ1v) is 7.82.